The predicted molar refractivity (Wildman–Crippen MR) is 81.1 cm³/mol. The third-order valence-electron chi connectivity index (χ3n) is 5.37. The van der Waals surface area contributed by atoms with Gasteiger partial charge in [0.2, 0.25) is 0 Å². The van der Waals surface area contributed by atoms with E-state index in [0.29, 0.717) is 12.0 Å². The van der Waals surface area contributed by atoms with Crippen LogP contribution in [0.15, 0.2) is 23.0 Å². The fourth-order valence-electron chi connectivity index (χ4n) is 4.08. The van der Waals surface area contributed by atoms with Crippen molar-refractivity contribution in [1.29, 1.82) is 0 Å². The molecular weight excluding hydrogens is 296 g/mol. The van der Waals surface area contributed by atoms with Gasteiger partial charge in [-0.25, -0.2) is 9.59 Å². The molecule has 0 aromatic heterocycles. The molecule has 0 aromatic rings. The van der Waals surface area contributed by atoms with Crippen LogP contribution in [-0.4, -0.2) is 23.8 Å². The van der Waals surface area contributed by atoms with Crippen molar-refractivity contribution in [2.45, 2.75) is 76.1 Å². The first kappa shape index (κ1) is 14.8. The van der Waals surface area contributed by atoms with E-state index in [1.165, 1.54) is 0 Å². The standard InChI is InChI=1S/C18H22O5/c19-16-12(11-21-18(23-16)8-4-1-5-9-18)10-15-13-6-2-3-7-14(13)17(20)22-15/h11,15H,1-10H2. The Morgan fingerprint density at radius 2 is 1.78 bits per heavy atom. The Morgan fingerprint density at radius 1 is 1.00 bits per heavy atom. The van der Waals surface area contributed by atoms with Crippen LogP contribution in [0.4, 0.5) is 0 Å². The molecule has 5 nitrogen and oxygen atoms in total. The Hall–Kier alpha value is -1.78. The molecule has 4 rings (SSSR count). The van der Waals surface area contributed by atoms with E-state index in [9.17, 15) is 9.59 Å². The minimum atomic E-state index is -0.750. The number of ether oxygens (including phenoxy) is 3. The zero-order chi connectivity index (χ0) is 15.9. The lowest BCUT2D eigenvalue weighted by Crippen LogP contribution is -2.42. The topological polar surface area (TPSA) is 61.8 Å². The molecule has 0 aromatic carbocycles. The van der Waals surface area contributed by atoms with Crippen molar-refractivity contribution < 1.29 is 23.8 Å². The van der Waals surface area contributed by atoms with E-state index >= 15 is 0 Å². The largest absolute Gasteiger partial charge is 0.459 e. The molecule has 0 saturated heterocycles. The lowest BCUT2D eigenvalue weighted by atomic mass is 9.88. The highest BCUT2D eigenvalue weighted by Gasteiger charge is 2.43. The van der Waals surface area contributed by atoms with E-state index in [1.54, 1.807) is 6.26 Å². The van der Waals surface area contributed by atoms with Crippen LogP contribution in [-0.2, 0) is 23.8 Å². The molecule has 2 aliphatic carbocycles. The van der Waals surface area contributed by atoms with Gasteiger partial charge in [0.15, 0.2) is 0 Å². The molecule has 0 radical (unpaired) electrons. The number of cyclic esters (lactones) is 1. The van der Waals surface area contributed by atoms with Crippen molar-refractivity contribution in [3.63, 3.8) is 0 Å². The molecule has 1 saturated carbocycles. The Balaban J connectivity index is 1.48. The summed E-state index contributed by atoms with van der Waals surface area (Å²) >= 11 is 0. The van der Waals surface area contributed by atoms with Crippen LogP contribution in [0.1, 0.15) is 64.2 Å². The van der Waals surface area contributed by atoms with Gasteiger partial charge in [-0.05, 0) is 44.1 Å². The van der Waals surface area contributed by atoms with Gasteiger partial charge in [0.25, 0.3) is 5.79 Å². The summed E-state index contributed by atoms with van der Waals surface area (Å²) < 4.78 is 16.9. The molecule has 1 spiro atoms. The molecular formula is C18H22O5. The number of rotatable bonds is 2. The van der Waals surface area contributed by atoms with Crippen LogP contribution < -0.4 is 0 Å². The summed E-state index contributed by atoms with van der Waals surface area (Å²) in [5.74, 6) is -1.28. The summed E-state index contributed by atoms with van der Waals surface area (Å²) in [4.78, 5) is 24.3. The van der Waals surface area contributed by atoms with Crippen LogP contribution >= 0.6 is 0 Å². The quantitative estimate of drug-likeness (QED) is 0.731. The molecule has 2 aliphatic heterocycles. The monoisotopic (exact) mass is 318 g/mol. The second-order valence-electron chi connectivity index (χ2n) is 6.93. The summed E-state index contributed by atoms with van der Waals surface area (Å²) in [7, 11) is 0. The van der Waals surface area contributed by atoms with Crippen LogP contribution in [0.25, 0.3) is 0 Å². The van der Waals surface area contributed by atoms with Crippen LogP contribution in [0.3, 0.4) is 0 Å². The lowest BCUT2D eigenvalue weighted by molar-refractivity contribution is -0.228. The third-order valence-corrected chi connectivity index (χ3v) is 5.37. The van der Waals surface area contributed by atoms with Gasteiger partial charge in [0, 0.05) is 24.8 Å². The molecule has 1 fully saturated rings. The molecule has 2 heterocycles. The van der Waals surface area contributed by atoms with E-state index in [-0.39, 0.29) is 18.0 Å². The highest BCUT2D eigenvalue weighted by atomic mass is 16.7. The SMILES string of the molecule is O=C1OC2(CCCCC2)OC=C1CC1OC(=O)C2=C1CCCC2. The first-order chi connectivity index (χ1) is 11.2. The van der Waals surface area contributed by atoms with Crippen molar-refractivity contribution in [2.75, 3.05) is 0 Å². The van der Waals surface area contributed by atoms with Crippen molar-refractivity contribution in [1.82, 2.24) is 0 Å². The predicted octanol–water partition coefficient (Wildman–Crippen LogP) is 3.29. The van der Waals surface area contributed by atoms with Crippen molar-refractivity contribution in [3.05, 3.63) is 23.0 Å². The average Bonchev–Trinajstić information content (AvgIpc) is 2.88. The van der Waals surface area contributed by atoms with Crippen molar-refractivity contribution in [2.24, 2.45) is 0 Å². The van der Waals surface area contributed by atoms with Gasteiger partial charge in [0.05, 0.1) is 11.8 Å². The van der Waals surface area contributed by atoms with Gasteiger partial charge in [-0.3, -0.25) is 0 Å². The zero-order valence-electron chi connectivity index (χ0n) is 13.3. The van der Waals surface area contributed by atoms with Crippen molar-refractivity contribution >= 4 is 11.9 Å². The summed E-state index contributed by atoms with van der Waals surface area (Å²) in [5, 5.41) is 0. The third kappa shape index (κ3) is 2.66. The summed E-state index contributed by atoms with van der Waals surface area (Å²) in [6, 6.07) is 0. The molecule has 23 heavy (non-hydrogen) atoms. The first-order valence-corrected chi connectivity index (χ1v) is 8.70. The molecule has 124 valence electrons. The van der Waals surface area contributed by atoms with Crippen molar-refractivity contribution in [3.8, 4) is 0 Å². The van der Waals surface area contributed by atoms with Gasteiger partial charge in [0.1, 0.15) is 6.10 Å². The minimum absolute atomic E-state index is 0.209. The summed E-state index contributed by atoms with van der Waals surface area (Å²) in [5.41, 5.74) is 2.38. The van der Waals surface area contributed by atoms with Gasteiger partial charge < -0.3 is 14.2 Å². The lowest BCUT2D eigenvalue weighted by Gasteiger charge is -2.38. The molecule has 1 unspecified atom stereocenters. The Kier molecular flexibility index (Phi) is 3.66. The fraction of sp³-hybridized carbons (Fsp3) is 0.667. The first-order valence-electron chi connectivity index (χ1n) is 8.70. The maximum Gasteiger partial charge on any atom is 0.340 e. The normalized spacial score (nSPS) is 29.6. The maximum absolute atomic E-state index is 12.4. The molecule has 1 atom stereocenters. The molecule has 0 amide bonds. The van der Waals surface area contributed by atoms with E-state index in [0.717, 1.165) is 68.9 Å². The molecule has 0 bridgehead atoms. The van der Waals surface area contributed by atoms with E-state index in [2.05, 4.69) is 0 Å². The van der Waals surface area contributed by atoms with E-state index in [4.69, 9.17) is 14.2 Å². The molecule has 4 aliphatic rings. The number of hydrogen-bond donors (Lipinski definition) is 0. The maximum atomic E-state index is 12.4. The second-order valence-corrected chi connectivity index (χ2v) is 6.93. The van der Waals surface area contributed by atoms with Gasteiger partial charge in [-0.2, -0.15) is 0 Å². The fourth-order valence-corrected chi connectivity index (χ4v) is 4.08. The van der Waals surface area contributed by atoms with E-state index in [1.807, 2.05) is 0 Å². The number of hydrogen-bond acceptors (Lipinski definition) is 5. The number of carbonyl (C=O) groups is 2. The summed E-state index contributed by atoms with van der Waals surface area (Å²) in [6.07, 6.45) is 10.1. The van der Waals surface area contributed by atoms with Crippen LogP contribution in [0.2, 0.25) is 0 Å². The Labute approximate surface area is 135 Å². The number of esters is 2. The summed E-state index contributed by atoms with van der Waals surface area (Å²) in [6.45, 7) is 0. The average molecular weight is 318 g/mol. The Morgan fingerprint density at radius 3 is 2.57 bits per heavy atom. The highest BCUT2D eigenvalue weighted by molar-refractivity contribution is 5.93. The van der Waals surface area contributed by atoms with Crippen LogP contribution in [0, 0.1) is 0 Å². The zero-order valence-corrected chi connectivity index (χ0v) is 13.3. The van der Waals surface area contributed by atoms with Crippen LogP contribution in [0.5, 0.6) is 0 Å². The van der Waals surface area contributed by atoms with E-state index < -0.39 is 5.79 Å². The molecule has 0 N–H and O–H groups in total. The minimum Gasteiger partial charge on any atom is -0.459 e. The van der Waals surface area contributed by atoms with Gasteiger partial charge >= 0.3 is 11.9 Å². The van der Waals surface area contributed by atoms with Gasteiger partial charge in [-0.15, -0.1) is 0 Å². The second kappa shape index (κ2) is 5.69. The highest BCUT2D eigenvalue weighted by Crippen LogP contribution is 2.40. The van der Waals surface area contributed by atoms with Gasteiger partial charge in [-0.1, -0.05) is 6.42 Å². The Bertz CT molecular complexity index is 595. The smallest absolute Gasteiger partial charge is 0.340 e. The molecule has 5 heteroatoms. The number of carbonyl (C=O) groups excluding carboxylic acids is 2.